The number of benzene rings is 2. The van der Waals surface area contributed by atoms with Gasteiger partial charge in [0.15, 0.2) is 0 Å². The van der Waals surface area contributed by atoms with Gasteiger partial charge in [-0.1, -0.05) is 18.6 Å². The summed E-state index contributed by atoms with van der Waals surface area (Å²) in [4.78, 5) is 16.8. The van der Waals surface area contributed by atoms with Gasteiger partial charge < -0.3 is 19.9 Å². The number of amides is 2. The molecule has 1 saturated heterocycles. The Hall–Kier alpha value is -3.55. The van der Waals surface area contributed by atoms with Crippen molar-refractivity contribution in [1.82, 2.24) is 20.4 Å². The van der Waals surface area contributed by atoms with Gasteiger partial charge in [0.1, 0.15) is 11.6 Å². The number of aryl methyl sites for hydroxylation is 1. The number of carbonyl (C=O) groups excluding carboxylic acids is 1. The first-order valence-electron chi connectivity index (χ1n) is 12.7. The number of rotatable bonds is 10. The Morgan fingerprint density at radius 1 is 1.14 bits per heavy atom. The average Bonchev–Trinajstić information content (AvgIpc) is 3.38. The summed E-state index contributed by atoms with van der Waals surface area (Å²) >= 11 is 0. The van der Waals surface area contributed by atoms with E-state index in [1.54, 1.807) is 18.1 Å². The number of piperidine rings is 1. The maximum Gasteiger partial charge on any atom is 0.317 e. The molecule has 1 fully saturated rings. The van der Waals surface area contributed by atoms with Gasteiger partial charge in [0, 0.05) is 49.7 Å². The zero-order chi connectivity index (χ0) is 25.3. The molecule has 0 spiro atoms. The Bertz CT molecular complexity index is 1110. The Morgan fingerprint density at radius 3 is 2.64 bits per heavy atom. The van der Waals surface area contributed by atoms with Crippen LogP contribution in [0.4, 0.5) is 14.9 Å². The van der Waals surface area contributed by atoms with Crippen LogP contribution in [0.15, 0.2) is 54.6 Å². The van der Waals surface area contributed by atoms with Gasteiger partial charge in [-0.15, -0.1) is 0 Å². The Morgan fingerprint density at radius 2 is 1.92 bits per heavy atom. The fraction of sp³-hybridized carbons (Fsp3) is 0.429. The van der Waals surface area contributed by atoms with Gasteiger partial charge in [-0.05, 0) is 74.6 Å². The van der Waals surface area contributed by atoms with Gasteiger partial charge in [-0.3, -0.25) is 5.10 Å². The third kappa shape index (κ3) is 6.99. The van der Waals surface area contributed by atoms with E-state index in [2.05, 4.69) is 32.5 Å². The highest BCUT2D eigenvalue weighted by Gasteiger charge is 2.22. The van der Waals surface area contributed by atoms with Crippen LogP contribution >= 0.6 is 0 Å². The van der Waals surface area contributed by atoms with Gasteiger partial charge in [0.25, 0.3) is 0 Å². The molecule has 0 bridgehead atoms. The summed E-state index contributed by atoms with van der Waals surface area (Å²) in [6.07, 6.45) is 5.73. The number of anilines is 1. The summed E-state index contributed by atoms with van der Waals surface area (Å²) in [6.45, 7) is 2.58. The molecule has 1 aliphatic rings. The lowest BCUT2D eigenvalue weighted by molar-refractivity contribution is 0.201. The number of nitrogens with zero attached hydrogens (tertiary/aromatic N) is 3. The van der Waals surface area contributed by atoms with Gasteiger partial charge in [-0.25, -0.2) is 9.18 Å². The van der Waals surface area contributed by atoms with Crippen LogP contribution in [0.3, 0.4) is 0 Å². The molecule has 0 saturated carbocycles. The van der Waals surface area contributed by atoms with Crippen LogP contribution in [0.2, 0.25) is 0 Å². The first kappa shape index (κ1) is 25.5. The topological polar surface area (TPSA) is 73.5 Å². The number of aromatic amines is 1. The van der Waals surface area contributed by atoms with E-state index < -0.39 is 0 Å². The maximum absolute atomic E-state index is 13.4. The molecule has 2 N–H and O–H groups in total. The van der Waals surface area contributed by atoms with Crippen molar-refractivity contribution in [1.29, 1.82) is 0 Å². The molecule has 0 unspecified atom stereocenters. The second-order valence-electron chi connectivity index (χ2n) is 9.43. The molecule has 0 aliphatic carbocycles. The molecule has 0 atom stereocenters. The smallest absolute Gasteiger partial charge is 0.317 e. The number of ether oxygens (including phenoxy) is 1. The highest BCUT2D eigenvalue weighted by atomic mass is 19.1. The molecular formula is C28H36FN5O2. The first-order valence-corrected chi connectivity index (χ1v) is 12.7. The van der Waals surface area contributed by atoms with Crippen LogP contribution in [0, 0.1) is 5.82 Å². The number of halogens is 1. The van der Waals surface area contributed by atoms with Crippen molar-refractivity contribution in [2.75, 3.05) is 38.7 Å². The van der Waals surface area contributed by atoms with Crippen LogP contribution in [0.25, 0.3) is 11.3 Å². The SMILES string of the molecule is COc1ccc(N2CCC(NC(=O)N(C)CCCCCc3cc(-c4cccc(F)c4)n[nH]3)CC2)cc1. The number of urea groups is 1. The average molecular weight is 494 g/mol. The third-order valence-electron chi connectivity index (χ3n) is 6.80. The van der Waals surface area contributed by atoms with Crippen LogP contribution in [0.5, 0.6) is 5.75 Å². The molecular weight excluding hydrogens is 457 g/mol. The third-order valence-corrected chi connectivity index (χ3v) is 6.80. The van der Waals surface area contributed by atoms with Crippen molar-refractivity contribution in [3.63, 3.8) is 0 Å². The van der Waals surface area contributed by atoms with Crippen molar-refractivity contribution >= 4 is 11.7 Å². The van der Waals surface area contributed by atoms with Crippen molar-refractivity contribution in [3.8, 4) is 17.0 Å². The molecule has 1 aromatic heterocycles. The molecule has 192 valence electrons. The molecule has 4 rings (SSSR count). The fourth-order valence-corrected chi connectivity index (χ4v) is 4.59. The summed E-state index contributed by atoms with van der Waals surface area (Å²) in [5, 5.41) is 10.5. The molecule has 8 heteroatoms. The minimum Gasteiger partial charge on any atom is -0.497 e. The summed E-state index contributed by atoms with van der Waals surface area (Å²) in [6, 6.07) is 16.8. The normalized spacial score (nSPS) is 14.0. The zero-order valence-electron chi connectivity index (χ0n) is 21.2. The molecule has 2 heterocycles. The summed E-state index contributed by atoms with van der Waals surface area (Å²) in [5.41, 5.74) is 3.77. The number of hydrogen-bond acceptors (Lipinski definition) is 4. The van der Waals surface area contributed by atoms with Gasteiger partial charge in [-0.2, -0.15) is 5.10 Å². The van der Waals surface area contributed by atoms with Gasteiger partial charge >= 0.3 is 6.03 Å². The minimum absolute atomic E-state index is 0.00574. The first-order chi connectivity index (χ1) is 17.5. The van der Waals surface area contributed by atoms with E-state index in [0.29, 0.717) is 0 Å². The van der Waals surface area contributed by atoms with Crippen molar-refractivity contribution in [3.05, 3.63) is 66.1 Å². The molecule has 0 radical (unpaired) electrons. The second kappa shape index (κ2) is 12.4. The number of hydrogen-bond donors (Lipinski definition) is 2. The molecule has 3 aromatic rings. The lowest BCUT2D eigenvalue weighted by Gasteiger charge is -2.34. The van der Waals surface area contributed by atoms with E-state index in [1.165, 1.54) is 17.8 Å². The largest absolute Gasteiger partial charge is 0.497 e. The van der Waals surface area contributed by atoms with E-state index in [-0.39, 0.29) is 17.9 Å². The molecule has 2 aromatic carbocycles. The number of H-pyrrole nitrogens is 1. The lowest BCUT2D eigenvalue weighted by atomic mass is 10.0. The van der Waals surface area contributed by atoms with Crippen molar-refractivity contribution in [2.24, 2.45) is 0 Å². The minimum atomic E-state index is -0.260. The van der Waals surface area contributed by atoms with E-state index in [9.17, 15) is 9.18 Å². The summed E-state index contributed by atoms with van der Waals surface area (Å²) < 4.78 is 18.7. The van der Waals surface area contributed by atoms with Crippen molar-refractivity contribution < 1.29 is 13.9 Å². The zero-order valence-corrected chi connectivity index (χ0v) is 21.2. The predicted molar refractivity (Wildman–Crippen MR) is 141 cm³/mol. The van der Waals surface area contributed by atoms with E-state index in [4.69, 9.17) is 4.74 Å². The lowest BCUT2D eigenvalue weighted by Crippen LogP contribution is -2.48. The van der Waals surface area contributed by atoms with Crippen LogP contribution < -0.4 is 15.0 Å². The highest BCUT2D eigenvalue weighted by molar-refractivity contribution is 5.74. The summed E-state index contributed by atoms with van der Waals surface area (Å²) in [7, 11) is 3.54. The molecule has 1 aliphatic heterocycles. The highest BCUT2D eigenvalue weighted by Crippen LogP contribution is 2.23. The number of carbonyl (C=O) groups is 1. The number of unbranched alkanes of at least 4 members (excludes halogenated alkanes) is 2. The Kier molecular flexibility index (Phi) is 8.81. The maximum atomic E-state index is 13.4. The number of nitrogens with one attached hydrogen (secondary N) is 2. The molecule has 36 heavy (non-hydrogen) atoms. The number of methoxy groups -OCH3 is 1. The van der Waals surface area contributed by atoms with Crippen molar-refractivity contribution in [2.45, 2.75) is 44.6 Å². The molecule has 7 nitrogen and oxygen atoms in total. The number of aromatic nitrogens is 2. The van der Waals surface area contributed by atoms with E-state index >= 15 is 0 Å². The predicted octanol–water partition coefficient (Wildman–Crippen LogP) is 5.25. The van der Waals surface area contributed by atoms with E-state index in [1.807, 2.05) is 31.3 Å². The van der Waals surface area contributed by atoms with Gasteiger partial charge in [0.2, 0.25) is 0 Å². The quantitative estimate of drug-likeness (QED) is 0.379. The van der Waals surface area contributed by atoms with Crippen LogP contribution in [0.1, 0.15) is 37.8 Å². The Labute approximate surface area is 212 Å². The standard InChI is InChI=1S/C28H36FN5O2/c1-33(16-5-3-4-9-24-20-27(32-31-24)21-7-6-8-22(29)19-21)28(35)30-23-14-17-34(18-15-23)25-10-12-26(36-2)13-11-25/h6-8,10-13,19-20,23H,3-5,9,14-18H2,1-2H3,(H,30,35)(H,31,32). The fourth-order valence-electron chi connectivity index (χ4n) is 4.59. The summed E-state index contributed by atoms with van der Waals surface area (Å²) in [5.74, 6) is 0.601. The van der Waals surface area contributed by atoms with E-state index in [0.717, 1.165) is 80.9 Å². The molecule has 2 amide bonds. The van der Waals surface area contributed by atoms with Crippen LogP contribution in [-0.4, -0.2) is 61.0 Å². The Balaban J connectivity index is 1.11. The second-order valence-corrected chi connectivity index (χ2v) is 9.43. The van der Waals surface area contributed by atoms with Crippen LogP contribution in [-0.2, 0) is 6.42 Å². The van der Waals surface area contributed by atoms with Gasteiger partial charge in [0.05, 0.1) is 12.8 Å². The monoisotopic (exact) mass is 493 g/mol.